The molecule has 2 rings (SSSR count). The van der Waals surface area contributed by atoms with Crippen molar-refractivity contribution >= 4 is 5.78 Å². The molecule has 1 N–H and O–H groups in total. The quantitative estimate of drug-likeness (QED) is 0.744. The van der Waals surface area contributed by atoms with Crippen molar-refractivity contribution in [1.29, 1.82) is 0 Å². The van der Waals surface area contributed by atoms with Gasteiger partial charge in [-0.05, 0) is 19.8 Å². The van der Waals surface area contributed by atoms with Crippen molar-refractivity contribution in [3.8, 4) is 0 Å². The fraction of sp³-hybridized carbons (Fsp3) is 0.462. The predicted molar refractivity (Wildman–Crippen MR) is 61.2 cm³/mol. The van der Waals surface area contributed by atoms with E-state index in [1.807, 2.05) is 31.2 Å². The van der Waals surface area contributed by atoms with Crippen LogP contribution in [0.4, 0.5) is 0 Å². The molecule has 0 amide bonds. The minimum atomic E-state index is 0.239. The first-order valence-corrected chi connectivity index (χ1v) is 5.59. The van der Waals surface area contributed by atoms with Gasteiger partial charge in [-0.1, -0.05) is 29.8 Å². The van der Waals surface area contributed by atoms with E-state index < -0.39 is 0 Å². The van der Waals surface area contributed by atoms with Gasteiger partial charge < -0.3 is 5.32 Å². The zero-order valence-corrected chi connectivity index (χ0v) is 9.12. The normalized spacial score (nSPS) is 15.3. The lowest BCUT2D eigenvalue weighted by Gasteiger charge is -2.02. The average molecular weight is 203 g/mol. The molecule has 0 bridgehead atoms. The number of carbonyl (C=O) groups excluding carboxylic acids is 1. The van der Waals surface area contributed by atoms with Crippen molar-refractivity contribution in [2.24, 2.45) is 0 Å². The second-order valence-corrected chi connectivity index (χ2v) is 4.27. The predicted octanol–water partition coefficient (Wildman–Crippen LogP) is 2.32. The van der Waals surface area contributed by atoms with Crippen molar-refractivity contribution in [2.75, 3.05) is 6.54 Å². The number of nitrogens with one attached hydrogen (secondary N) is 1. The molecule has 0 unspecified atom stereocenters. The largest absolute Gasteiger partial charge is 0.314 e. The number of hydrogen-bond acceptors (Lipinski definition) is 2. The molecule has 1 aromatic rings. The molecule has 0 saturated heterocycles. The Kier molecular flexibility index (Phi) is 3.17. The summed E-state index contributed by atoms with van der Waals surface area (Å²) >= 11 is 0. The number of aryl methyl sites for hydroxylation is 1. The van der Waals surface area contributed by atoms with Gasteiger partial charge in [-0.25, -0.2) is 0 Å². The van der Waals surface area contributed by atoms with E-state index in [0.717, 1.165) is 12.1 Å². The van der Waals surface area contributed by atoms with Gasteiger partial charge in [0.25, 0.3) is 0 Å². The number of benzene rings is 1. The number of carbonyl (C=O) groups is 1. The van der Waals surface area contributed by atoms with Gasteiger partial charge in [-0.2, -0.15) is 0 Å². The highest BCUT2D eigenvalue weighted by molar-refractivity contribution is 5.96. The van der Waals surface area contributed by atoms with Crippen LogP contribution in [0.25, 0.3) is 0 Å². The summed E-state index contributed by atoms with van der Waals surface area (Å²) in [6, 6.07) is 8.49. The fourth-order valence-electron chi connectivity index (χ4n) is 1.56. The average Bonchev–Trinajstić information content (AvgIpc) is 3.02. The molecule has 1 aliphatic rings. The molecular formula is C13H17NO. The lowest BCUT2D eigenvalue weighted by Crippen LogP contribution is -2.20. The summed E-state index contributed by atoms with van der Waals surface area (Å²) in [7, 11) is 0. The van der Waals surface area contributed by atoms with Crippen LogP contribution in [-0.4, -0.2) is 18.4 Å². The Morgan fingerprint density at radius 3 is 2.60 bits per heavy atom. The summed E-state index contributed by atoms with van der Waals surface area (Å²) in [4.78, 5) is 11.7. The summed E-state index contributed by atoms with van der Waals surface area (Å²) in [6.07, 6.45) is 3.16. The third-order valence-electron chi connectivity index (χ3n) is 2.74. The van der Waals surface area contributed by atoms with Crippen LogP contribution in [0.5, 0.6) is 0 Å². The summed E-state index contributed by atoms with van der Waals surface area (Å²) in [6.45, 7) is 2.85. The molecule has 0 aliphatic heterocycles. The molecule has 2 nitrogen and oxygen atoms in total. The molecule has 0 radical (unpaired) electrons. The standard InChI is InChI=1S/C13H17NO/c1-10-2-4-11(5-3-10)13(15)8-9-14-12-6-7-12/h2-5,12,14H,6-9H2,1H3. The van der Waals surface area contributed by atoms with Crippen molar-refractivity contribution in [1.82, 2.24) is 5.32 Å². The Labute approximate surface area is 90.7 Å². The van der Waals surface area contributed by atoms with Crippen LogP contribution in [0, 0.1) is 6.92 Å². The van der Waals surface area contributed by atoms with Gasteiger partial charge in [-0.3, -0.25) is 4.79 Å². The second-order valence-electron chi connectivity index (χ2n) is 4.27. The maximum absolute atomic E-state index is 11.7. The first-order valence-electron chi connectivity index (χ1n) is 5.59. The van der Waals surface area contributed by atoms with Crippen LogP contribution in [-0.2, 0) is 0 Å². The summed E-state index contributed by atoms with van der Waals surface area (Å²) in [5, 5.41) is 3.35. The highest BCUT2D eigenvalue weighted by Gasteiger charge is 2.20. The lowest BCUT2D eigenvalue weighted by atomic mass is 10.1. The van der Waals surface area contributed by atoms with Crippen molar-refractivity contribution in [2.45, 2.75) is 32.2 Å². The van der Waals surface area contributed by atoms with Gasteiger partial charge in [0.15, 0.2) is 5.78 Å². The zero-order valence-electron chi connectivity index (χ0n) is 9.12. The molecule has 15 heavy (non-hydrogen) atoms. The van der Waals surface area contributed by atoms with E-state index in [4.69, 9.17) is 0 Å². The van der Waals surface area contributed by atoms with E-state index in [2.05, 4.69) is 5.32 Å². The molecule has 0 spiro atoms. The Morgan fingerprint density at radius 1 is 1.33 bits per heavy atom. The van der Waals surface area contributed by atoms with Crippen molar-refractivity contribution in [3.05, 3.63) is 35.4 Å². The van der Waals surface area contributed by atoms with Crippen molar-refractivity contribution < 1.29 is 4.79 Å². The highest BCUT2D eigenvalue weighted by Crippen LogP contribution is 2.18. The molecular weight excluding hydrogens is 186 g/mol. The van der Waals surface area contributed by atoms with Gasteiger partial charge in [0.1, 0.15) is 0 Å². The SMILES string of the molecule is Cc1ccc(C(=O)CCNC2CC2)cc1. The smallest absolute Gasteiger partial charge is 0.164 e. The van der Waals surface area contributed by atoms with Gasteiger partial charge in [-0.15, -0.1) is 0 Å². The molecule has 1 aliphatic carbocycles. The lowest BCUT2D eigenvalue weighted by molar-refractivity contribution is 0.0982. The van der Waals surface area contributed by atoms with Crippen LogP contribution < -0.4 is 5.32 Å². The monoisotopic (exact) mass is 203 g/mol. The van der Waals surface area contributed by atoms with E-state index >= 15 is 0 Å². The van der Waals surface area contributed by atoms with E-state index in [1.165, 1.54) is 18.4 Å². The summed E-state index contributed by atoms with van der Waals surface area (Å²) in [5.74, 6) is 0.239. The van der Waals surface area contributed by atoms with E-state index in [9.17, 15) is 4.79 Å². The van der Waals surface area contributed by atoms with Gasteiger partial charge in [0, 0.05) is 24.6 Å². The van der Waals surface area contributed by atoms with Gasteiger partial charge >= 0.3 is 0 Å². The maximum Gasteiger partial charge on any atom is 0.164 e. The van der Waals surface area contributed by atoms with Gasteiger partial charge in [0.2, 0.25) is 0 Å². The molecule has 0 atom stereocenters. The highest BCUT2D eigenvalue weighted by atomic mass is 16.1. The molecule has 80 valence electrons. The number of hydrogen-bond donors (Lipinski definition) is 1. The summed E-state index contributed by atoms with van der Waals surface area (Å²) in [5.41, 5.74) is 2.03. The number of ketones is 1. The van der Waals surface area contributed by atoms with Crippen LogP contribution in [0.15, 0.2) is 24.3 Å². The number of Topliss-reactive ketones (excluding diaryl/α,β-unsaturated/α-hetero) is 1. The van der Waals surface area contributed by atoms with E-state index in [-0.39, 0.29) is 5.78 Å². The Morgan fingerprint density at radius 2 is 2.00 bits per heavy atom. The summed E-state index contributed by atoms with van der Waals surface area (Å²) < 4.78 is 0. The Balaban J connectivity index is 1.81. The van der Waals surface area contributed by atoms with Gasteiger partial charge in [0.05, 0.1) is 0 Å². The van der Waals surface area contributed by atoms with Crippen LogP contribution in [0.2, 0.25) is 0 Å². The van der Waals surface area contributed by atoms with Crippen LogP contribution in [0.3, 0.4) is 0 Å². The van der Waals surface area contributed by atoms with E-state index in [1.54, 1.807) is 0 Å². The topological polar surface area (TPSA) is 29.1 Å². The molecule has 2 heteroatoms. The first-order chi connectivity index (χ1) is 7.25. The fourth-order valence-corrected chi connectivity index (χ4v) is 1.56. The minimum absolute atomic E-state index is 0.239. The number of rotatable bonds is 5. The molecule has 0 aromatic heterocycles. The minimum Gasteiger partial charge on any atom is -0.314 e. The van der Waals surface area contributed by atoms with Crippen LogP contribution in [0.1, 0.15) is 35.2 Å². The molecule has 1 fully saturated rings. The van der Waals surface area contributed by atoms with Crippen LogP contribution >= 0.6 is 0 Å². The zero-order chi connectivity index (χ0) is 10.7. The Hall–Kier alpha value is -1.15. The third kappa shape index (κ3) is 3.17. The Bertz CT molecular complexity index is 338. The second kappa shape index (κ2) is 4.58. The van der Waals surface area contributed by atoms with E-state index in [0.29, 0.717) is 12.5 Å². The molecule has 0 heterocycles. The first kappa shape index (κ1) is 10.4. The third-order valence-corrected chi connectivity index (χ3v) is 2.74. The molecule has 1 aromatic carbocycles. The maximum atomic E-state index is 11.7. The molecule has 1 saturated carbocycles. The van der Waals surface area contributed by atoms with Crippen molar-refractivity contribution in [3.63, 3.8) is 0 Å².